The lowest BCUT2D eigenvalue weighted by Crippen LogP contribution is -2.04. The zero-order chi connectivity index (χ0) is 10.4. The van der Waals surface area contributed by atoms with E-state index in [4.69, 9.17) is 10.6 Å². The van der Waals surface area contributed by atoms with Crippen LogP contribution < -0.4 is 5.73 Å². The molecule has 0 amide bonds. The summed E-state index contributed by atoms with van der Waals surface area (Å²) < 4.78 is 0. The number of hydrogen-bond donors (Lipinski definition) is 1. The van der Waals surface area contributed by atoms with E-state index in [2.05, 4.69) is 10.1 Å². The van der Waals surface area contributed by atoms with Crippen LogP contribution in [0.3, 0.4) is 0 Å². The van der Waals surface area contributed by atoms with Crippen LogP contribution in [0.25, 0.3) is 0 Å². The van der Waals surface area contributed by atoms with E-state index in [1.54, 1.807) is 11.7 Å². The second-order valence-corrected chi connectivity index (χ2v) is 3.34. The van der Waals surface area contributed by atoms with Gasteiger partial charge < -0.3 is 10.6 Å². The van der Waals surface area contributed by atoms with Gasteiger partial charge in [-0.15, -0.1) is 11.3 Å². The van der Waals surface area contributed by atoms with Crippen LogP contribution in [-0.4, -0.2) is 23.6 Å². The lowest BCUT2D eigenvalue weighted by Gasteiger charge is -1.95. The fourth-order valence-electron chi connectivity index (χ4n) is 0.716. The van der Waals surface area contributed by atoms with Crippen LogP contribution in [0.5, 0.6) is 0 Å². The van der Waals surface area contributed by atoms with Gasteiger partial charge in [0, 0.05) is 5.38 Å². The van der Waals surface area contributed by atoms with Gasteiger partial charge in [-0.1, -0.05) is 12.1 Å². The summed E-state index contributed by atoms with van der Waals surface area (Å²) in [5.74, 6) is 0. The topological polar surface area (TPSA) is 77.6 Å². The highest BCUT2D eigenvalue weighted by molar-refractivity contribution is 7.13. The second kappa shape index (κ2) is 5.33. The Bertz CT molecular complexity index is 335. The highest BCUT2D eigenvalue weighted by Gasteiger charge is 2.08. The highest BCUT2D eigenvalue weighted by atomic mass is 32.1. The first-order valence-electron chi connectivity index (χ1n) is 4.07. The van der Waals surface area contributed by atoms with E-state index in [0.29, 0.717) is 17.4 Å². The third kappa shape index (κ3) is 2.81. The lowest BCUT2D eigenvalue weighted by molar-refractivity contribution is 0.145. The molecule has 0 fully saturated rings. The van der Waals surface area contributed by atoms with Gasteiger partial charge in [0.05, 0.1) is 0 Å². The molecule has 0 saturated heterocycles. The van der Waals surface area contributed by atoms with Crippen molar-refractivity contribution in [1.29, 1.82) is 0 Å². The molecule has 0 aliphatic heterocycles. The van der Waals surface area contributed by atoms with E-state index in [1.165, 1.54) is 11.3 Å². The van der Waals surface area contributed by atoms with Crippen LogP contribution in [0.15, 0.2) is 10.5 Å². The number of rotatable bonds is 5. The summed E-state index contributed by atoms with van der Waals surface area (Å²) in [7, 11) is 0. The van der Waals surface area contributed by atoms with Crippen LogP contribution in [0, 0.1) is 0 Å². The first-order valence-corrected chi connectivity index (χ1v) is 4.95. The van der Waals surface area contributed by atoms with Gasteiger partial charge in [0.2, 0.25) is 0 Å². The van der Waals surface area contributed by atoms with E-state index in [1.807, 2.05) is 6.92 Å². The molecule has 75 valence electrons. The number of nitrogens with zero attached hydrogens (tertiary/aromatic N) is 2. The van der Waals surface area contributed by atoms with E-state index in [9.17, 15) is 4.79 Å². The van der Waals surface area contributed by atoms with E-state index in [-0.39, 0.29) is 5.71 Å². The number of anilines is 1. The van der Waals surface area contributed by atoms with Gasteiger partial charge in [-0.25, -0.2) is 4.98 Å². The molecule has 1 aromatic rings. The number of aromatic nitrogens is 1. The Balaban J connectivity index is 2.71. The fraction of sp³-hybridized carbons (Fsp3) is 0.375. The third-order valence-electron chi connectivity index (χ3n) is 1.31. The SMILES string of the molecule is CCCO/N=C(/[C]=O)c1csc(N)n1. The molecule has 0 bridgehead atoms. The van der Waals surface area contributed by atoms with Crippen LogP contribution >= 0.6 is 11.3 Å². The van der Waals surface area contributed by atoms with Gasteiger partial charge in [-0.3, -0.25) is 4.79 Å². The van der Waals surface area contributed by atoms with Crippen molar-refractivity contribution in [2.45, 2.75) is 13.3 Å². The molecule has 0 aliphatic rings. The van der Waals surface area contributed by atoms with Crippen molar-refractivity contribution in [2.75, 3.05) is 12.3 Å². The zero-order valence-electron chi connectivity index (χ0n) is 7.69. The lowest BCUT2D eigenvalue weighted by atomic mass is 10.3. The van der Waals surface area contributed by atoms with E-state index in [0.717, 1.165) is 6.42 Å². The Kier molecular flexibility index (Phi) is 4.06. The normalized spacial score (nSPS) is 11.4. The Morgan fingerprint density at radius 3 is 3.14 bits per heavy atom. The molecule has 14 heavy (non-hydrogen) atoms. The molecule has 6 heteroatoms. The Morgan fingerprint density at radius 1 is 1.86 bits per heavy atom. The Morgan fingerprint density at radius 2 is 2.64 bits per heavy atom. The fourth-order valence-corrected chi connectivity index (χ4v) is 1.26. The van der Waals surface area contributed by atoms with Gasteiger partial charge in [-0.2, -0.15) is 0 Å². The summed E-state index contributed by atoms with van der Waals surface area (Å²) in [6, 6.07) is 0. The molecule has 0 aliphatic carbocycles. The molecule has 2 N–H and O–H groups in total. The van der Waals surface area contributed by atoms with Gasteiger partial charge in [0.25, 0.3) is 6.29 Å². The van der Waals surface area contributed by atoms with Crippen LogP contribution in [0.4, 0.5) is 5.13 Å². The third-order valence-corrected chi connectivity index (χ3v) is 1.99. The first-order chi connectivity index (χ1) is 6.77. The summed E-state index contributed by atoms with van der Waals surface area (Å²) in [5, 5.41) is 5.62. The molecule has 0 aromatic carbocycles. The molecular formula is C8H10N3O2S. The minimum absolute atomic E-state index is 0.0476. The van der Waals surface area contributed by atoms with Gasteiger partial charge in [0.15, 0.2) is 10.8 Å². The average molecular weight is 212 g/mol. The van der Waals surface area contributed by atoms with Gasteiger partial charge in [-0.05, 0) is 6.42 Å². The molecule has 5 nitrogen and oxygen atoms in total. The molecule has 0 unspecified atom stereocenters. The zero-order valence-corrected chi connectivity index (χ0v) is 8.50. The highest BCUT2D eigenvalue weighted by Crippen LogP contribution is 2.11. The van der Waals surface area contributed by atoms with E-state index < -0.39 is 0 Å². The largest absolute Gasteiger partial charge is 0.395 e. The monoisotopic (exact) mass is 212 g/mol. The Labute approximate surface area is 85.6 Å². The molecule has 0 spiro atoms. The number of carbonyl (C=O) groups excluding carboxylic acids is 1. The predicted octanol–water partition coefficient (Wildman–Crippen LogP) is 0.966. The number of oxime groups is 1. The summed E-state index contributed by atoms with van der Waals surface area (Å²) >= 11 is 1.24. The average Bonchev–Trinajstić information content (AvgIpc) is 2.60. The molecule has 0 atom stereocenters. The molecular weight excluding hydrogens is 202 g/mol. The van der Waals surface area contributed by atoms with Crippen molar-refractivity contribution >= 4 is 28.5 Å². The maximum Gasteiger partial charge on any atom is 0.259 e. The molecule has 0 saturated carbocycles. The number of thiazole rings is 1. The minimum Gasteiger partial charge on any atom is -0.395 e. The maximum atomic E-state index is 10.5. The second-order valence-electron chi connectivity index (χ2n) is 2.45. The summed E-state index contributed by atoms with van der Waals surface area (Å²) in [5.41, 5.74) is 5.86. The summed E-state index contributed by atoms with van der Waals surface area (Å²) in [6.45, 7) is 2.41. The maximum absolute atomic E-state index is 10.5. The van der Waals surface area contributed by atoms with Crippen LogP contribution in [0.1, 0.15) is 19.0 Å². The van der Waals surface area contributed by atoms with Crippen molar-refractivity contribution < 1.29 is 9.63 Å². The number of nitrogens with two attached hydrogens (primary N) is 1. The smallest absolute Gasteiger partial charge is 0.259 e. The molecule has 1 aromatic heterocycles. The summed E-state index contributed by atoms with van der Waals surface area (Å²) in [6.07, 6.45) is 2.48. The molecule has 1 heterocycles. The molecule has 1 rings (SSSR count). The van der Waals surface area contributed by atoms with Crippen molar-refractivity contribution in [2.24, 2.45) is 5.16 Å². The standard InChI is InChI=1S/C8H10N3O2S/c1-2-3-13-11-6(4-12)7-5-14-8(9)10-7/h5H,2-3H2,1H3,(H2,9,10)/b11-6-. The Hall–Kier alpha value is -1.43. The van der Waals surface area contributed by atoms with Crippen molar-refractivity contribution in [3.05, 3.63) is 11.1 Å². The van der Waals surface area contributed by atoms with Crippen molar-refractivity contribution in [3.63, 3.8) is 0 Å². The van der Waals surface area contributed by atoms with Crippen LogP contribution in [-0.2, 0) is 9.63 Å². The first kappa shape index (κ1) is 10.6. The van der Waals surface area contributed by atoms with Crippen molar-refractivity contribution in [3.8, 4) is 0 Å². The summed E-state index contributed by atoms with van der Waals surface area (Å²) in [4.78, 5) is 19.2. The van der Waals surface area contributed by atoms with Gasteiger partial charge >= 0.3 is 0 Å². The van der Waals surface area contributed by atoms with E-state index >= 15 is 0 Å². The number of nitrogen functional groups attached to an aromatic ring is 1. The predicted molar refractivity (Wildman–Crippen MR) is 55.0 cm³/mol. The van der Waals surface area contributed by atoms with Gasteiger partial charge in [0.1, 0.15) is 12.3 Å². The van der Waals surface area contributed by atoms with Crippen LogP contribution in [0.2, 0.25) is 0 Å². The number of hydrogen-bond acceptors (Lipinski definition) is 6. The van der Waals surface area contributed by atoms with Crippen molar-refractivity contribution in [1.82, 2.24) is 4.98 Å². The minimum atomic E-state index is 0.0476. The molecule has 1 radical (unpaired) electrons. The quantitative estimate of drug-likeness (QED) is 0.448.